The Kier molecular flexibility index (Phi) is 5.47. The molecular weight excluding hydrogens is 412 g/mol. The quantitative estimate of drug-likeness (QED) is 0.482. The summed E-state index contributed by atoms with van der Waals surface area (Å²) in [7, 11) is 3.01. The van der Waals surface area contributed by atoms with E-state index in [0.717, 1.165) is 16.0 Å². The van der Waals surface area contributed by atoms with E-state index >= 15 is 0 Å². The zero-order chi connectivity index (χ0) is 23.0. The molecular formula is C21H24N8O3. The minimum absolute atomic E-state index is 0.157. The molecule has 4 aromatic rings. The van der Waals surface area contributed by atoms with E-state index in [0.29, 0.717) is 35.6 Å². The molecule has 11 heteroatoms. The third-order valence-electron chi connectivity index (χ3n) is 5.28. The normalized spacial score (nSPS) is 11.2. The number of imidazole rings is 1. The first-order chi connectivity index (χ1) is 15.3. The van der Waals surface area contributed by atoms with E-state index in [1.165, 1.54) is 17.9 Å². The minimum Gasteiger partial charge on any atom is -0.325 e. The van der Waals surface area contributed by atoms with Gasteiger partial charge in [-0.2, -0.15) is 5.10 Å². The highest BCUT2D eigenvalue weighted by Crippen LogP contribution is 2.13. The fourth-order valence-corrected chi connectivity index (χ4v) is 3.65. The van der Waals surface area contributed by atoms with Gasteiger partial charge in [-0.3, -0.25) is 18.7 Å². The van der Waals surface area contributed by atoms with Crippen molar-refractivity contribution in [2.75, 3.05) is 5.32 Å². The number of fused-ring (bicyclic) bond motifs is 1. The third-order valence-corrected chi connectivity index (χ3v) is 5.28. The van der Waals surface area contributed by atoms with E-state index in [9.17, 15) is 14.4 Å². The molecule has 1 N–H and O–H groups in total. The summed E-state index contributed by atoms with van der Waals surface area (Å²) in [6.07, 6.45) is 3.87. The fraction of sp³-hybridized carbons (Fsp3) is 0.333. The molecule has 0 unspecified atom stereocenters. The van der Waals surface area contributed by atoms with E-state index in [1.807, 2.05) is 19.9 Å². The molecule has 0 radical (unpaired) electrons. The Balaban J connectivity index is 1.38. The van der Waals surface area contributed by atoms with Crippen molar-refractivity contribution in [3.8, 4) is 5.82 Å². The van der Waals surface area contributed by atoms with Crippen molar-refractivity contribution < 1.29 is 4.79 Å². The van der Waals surface area contributed by atoms with Crippen molar-refractivity contribution in [2.24, 2.45) is 14.1 Å². The second-order valence-corrected chi connectivity index (χ2v) is 7.71. The molecule has 4 rings (SSSR count). The molecule has 4 aromatic heterocycles. The summed E-state index contributed by atoms with van der Waals surface area (Å²) in [5, 5.41) is 7.22. The number of carbonyl (C=O) groups is 1. The Bertz CT molecular complexity index is 1420. The van der Waals surface area contributed by atoms with Gasteiger partial charge in [-0.15, -0.1) is 0 Å². The van der Waals surface area contributed by atoms with Crippen molar-refractivity contribution in [2.45, 2.75) is 33.2 Å². The Morgan fingerprint density at radius 2 is 1.88 bits per heavy atom. The lowest BCUT2D eigenvalue weighted by atomic mass is 10.2. The number of aromatic nitrogens is 7. The van der Waals surface area contributed by atoms with Gasteiger partial charge in [0.05, 0.1) is 23.9 Å². The van der Waals surface area contributed by atoms with Crippen LogP contribution in [0.1, 0.15) is 24.2 Å². The van der Waals surface area contributed by atoms with Crippen LogP contribution in [0, 0.1) is 13.8 Å². The number of pyridine rings is 1. The van der Waals surface area contributed by atoms with Crippen LogP contribution >= 0.6 is 0 Å². The molecule has 0 aliphatic carbocycles. The molecule has 0 aliphatic rings. The van der Waals surface area contributed by atoms with Crippen molar-refractivity contribution in [3.05, 3.63) is 62.9 Å². The van der Waals surface area contributed by atoms with Gasteiger partial charge >= 0.3 is 5.69 Å². The Morgan fingerprint density at radius 3 is 2.53 bits per heavy atom. The van der Waals surface area contributed by atoms with Crippen LogP contribution in [0.5, 0.6) is 0 Å². The molecule has 0 saturated carbocycles. The first-order valence-electron chi connectivity index (χ1n) is 10.2. The maximum atomic E-state index is 12.5. The van der Waals surface area contributed by atoms with Gasteiger partial charge in [0.2, 0.25) is 5.91 Å². The van der Waals surface area contributed by atoms with E-state index < -0.39 is 11.2 Å². The monoisotopic (exact) mass is 436 g/mol. The van der Waals surface area contributed by atoms with Gasteiger partial charge in [0.25, 0.3) is 5.56 Å². The smallest absolute Gasteiger partial charge is 0.325 e. The first-order valence-corrected chi connectivity index (χ1v) is 10.2. The number of aryl methyl sites for hydroxylation is 4. The van der Waals surface area contributed by atoms with Crippen LogP contribution in [-0.4, -0.2) is 39.4 Å². The molecule has 0 fully saturated rings. The molecule has 32 heavy (non-hydrogen) atoms. The van der Waals surface area contributed by atoms with Crippen molar-refractivity contribution in [1.29, 1.82) is 0 Å². The topological polar surface area (TPSA) is 122 Å². The summed E-state index contributed by atoms with van der Waals surface area (Å²) in [6.45, 7) is 4.30. The van der Waals surface area contributed by atoms with Crippen LogP contribution in [0.15, 0.2) is 40.3 Å². The highest BCUT2D eigenvalue weighted by Gasteiger charge is 2.14. The van der Waals surface area contributed by atoms with Crippen molar-refractivity contribution >= 4 is 22.8 Å². The fourth-order valence-electron chi connectivity index (χ4n) is 3.65. The lowest BCUT2D eigenvalue weighted by molar-refractivity contribution is -0.116. The van der Waals surface area contributed by atoms with Crippen LogP contribution in [0.4, 0.5) is 5.69 Å². The zero-order valence-electron chi connectivity index (χ0n) is 18.4. The Labute approximate surface area is 183 Å². The van der Waals surface area contributed by atoms with E-state index in [4.69, 9.17) is 0 Å². The van der Waals surface area contributed by atoms with Gasteiger partial charge in [-0.05, 0) is 38.5 Å². The summed E-state index contributed by atoms with van der Waals surface area (Å²) < 4.78 is 5.81. The van der Waals surface area contributed by atoms with Gasteiger partial charge in [0.1, 0.15) is 0 Å². The van der Waals surface area contributed by atoms with Gasteiger partial charge in [0.15, 0.2) is 17.0 Å². The minimum atomic E-state index is -0.426. The number of nitrogens with zero attached hydrogens (tertiary/aromatic N) is 7. The number of nitrogens with one attached hydrogen (secondary N) is 1. The Morgan fingerprint density at radius 1 is 1.09 bits per heavy atom. The molecule has 0 saturated heterocycles. The number of hydrogen-bond donors (Lipinski definition) is 1. The van der Waals surface area contributed by atoms with Crippen LogP contribution < -0.4 is 16.6 Å². The predicted molar refractivity (Wildman–Crippen MR) is 119 cm³/mol. The predicted octanol–water partition coefficient (Wildman–Crippen LogP) is 1.05. The van der Waals surface area contributed by atoms with Crippen LogP contribution in [0.25, 0.3) is 17.0 Å². The highest BCUT2D eigenvalue weighted by molar-refractivity contribution is 5.90. The molecule has 11 nitrogen and oxygen atoms in total. The number of rotatable bonds is 6. The second kappa shape index (κ2) is 8.25. The van der Waals surface area contributed by atoms with E-state index in [-0.39, 0.29) is 12.3 Å². The summed E-state index contributed by atoms with van der Waals surface area (Å²) in [4.78, 5) is 45.4. The number of hydrogen-bond acceptors (Lipinski definition) is 6. The molecule has 0 bridgehead atoms. The lowest BCUT2D eigenvalue weighted by Gasteiger charge is -2.08. The lowest BCUT2D eigenvalue weighted by Crippen LogP contribution is -2.37. The van der Waals surface area contributed by atoms with E-state index in [2.05, 4.69) is 20.4 Å². The Hall–Kier alpha value is -4.02. The van der Waals surface area contributed by atoms with Crippen molar-refractivity contribution in [1.82, 2.24) is 33.4 Å². The summed E-state index contributed by atoms with van der Waals surface area (Å²) in [5.74, 6) is 0.520. The van der Waals surface area contributed by atoms with Gasteiger partial charge in [-0.25, -0.2) is 19.4 Å². The molecule has 0 aliphatic heterocycles. The zero-order valence-corrected chi connectivity index (χ0v) is 18.4. The van der Waals surface area contributed by atoms with Crippen molar-refractivity contribution in [3.63, 3.8) is 0 Å². The number of carbonyl (C=O) groups excluding carboxylic acids is 1. The van der Waals surface area contributed by atoms with Gasteiger partial charge < -0.3 is 9.88 Å². The standard InChI is InChI=1S/C21H24N8O3/c1-13-10-14(2)29(25-13)16-8-7-15(11-22-16)24-17(30)6-5-9-28-12-23-19-18(28)20(31)27(4)21(32)26(19)3/h7-8,10-12H,5-6,9H2,1-4H3,(H,24,30). The number of amides is 1. The van der Waals surface area contributed by atoms with Gasteiger partial charge in [-0.1, -0.05) is 0 Å². The van der Waals surface area contributed by atoms with Crippen LogP contribution in [0.2, 0.25) is 0 Å². The molecule has 166 valence electrons. The summed E-state index contributed by atoms with van der Waals surface area (Å²) in [6, 6.07) is 5.55. The highest BCUT2D eigenvalue weighted by atomic mass is 16.2. The largest absolute Gasteiger partial charge is 0.332 e. The number of anilines is 1. The summed E-state index contributed by atoms with van der Waals surface area (Å²) in [5.41, 5.74) is 2.33. The first kappa shape index (κ1) is 21.2. The molecule has 0 atom stereocenters. The SMILES string of the molecule is Cc1cc(C)n(-c2ccc(NC(=O)CCCn3cnc4c3c(=O)n(C)c(=O)n4C)cn2)n1. The van der Waals surface area contributed by atoms with E-state index in [1.54, 1.807) is 34.6 Å². The third kappa shape index (κ3) is 3.84. The maximum Gasteiger partial charge on any atom is 0.332 e. The molecule has 1 amide bonds. The average Bonchev–Trinajstić information content (AvgIpc) is 3.34. The average molecular weight is 436 g/mol. The second-order valence-electron chi connectivity index (χ2n) is 7.71. The molecule has 0 aromatic carbocycles. The maximum absolute atomic E-state index is 12.5. The van der Waals surface area contributed by atoms with Gasteiger partial charge in [0, 0.05) is 32.8 Å². The van der Waals surface area contributed by atoms with Crippen LogP contribution in [0.3, 0.4) is 0 Å². The van der Waals surface area contributed by atoms with Crippen LogP contribution in [-0.2, 0) is 25.4 Å². The molecule has 4 heterocycles. The summed E-state index contributed by atoms with van der Waals surface area (Å²) >= 11 is 0. The molecule has 0 spiro atoms.